The molecule has 0 saturated carbocycles. The number of halogens is 3. The molecule has 1 N–H and O–H groups in total. The highest BCUT2D eigenvalue weighted by molar-refractivity contribution is 9.10. The van der Waals surface area contributed by atoms with Crippen LogP contribution < -0.4 is 5.32 Å². The largest absolute Gasteiger partial charge is 0.317 e. The van der Waals surface area contributed by atoms with Gasteiger partial charge in [-0.1, -0.05) is 13.8 Å². The molecule has 0 aromatic heterocycles. The third-order valence-corrected chi connectivity index (χ3v) is 3.38. The Morgan fingerprint density at radius 3 is 2.71 bits per heavy atom. The monoisotopic (exact) mass is 305 g/mol. The third-order valence-electron chi connectivity index (χ3n) is 2.77. The van der Waals surface area contributed by atoms with Gasteiger partial charge < -0.3 is 5.32 Å². The maximum absolute atomic E-state index is 13.7. The predicted molar refractivity (Wildman–Crippen MR) is 70.1 cm³/mol. The predicted octanol–water partition coefficient (Wildman–Crippen LogP) is 3.91. The van der Waals surface area contributed by atoms with Crippen LogP contribution in [0.4, 0.5) is 8.78 Å². The van der Waals surface area contributed by atoms with Crippen LogP contribution in [0.5, 0.6) is 0 Å². The van der Waals surface area contributed by atoms with E-state index in [1.165, 1.54) is 12.1 Å². The van der Waals surface area contributed by atoms with E-state index in [0.717, 1.165) is 19.5 Å². The molecule has 1 rings (SSSR count). The van der Waals surface area contributed by atoms with Gasteiger partial charge in [-0.2, -0.15) is 0 Å². The van der Waals surface area contributed by atoms with E-state index in [0.29, 0.717) is 16.8 Å². The highest BCUT2D eigenvalue weighted by Crippen LogP contribution is 2.23. The normalized spacial score (nSPS) is 12.8. The van der Waals surface area contributed by atoms with Gasteiger partial charge in [-0.05, 0) is 59.9 Å². The fourth-order valence-electron chi connectivity index (χ4n) is 1.68. The summed E-state index contributed by atoms with van der Waals surface area (Å²) in [4.78, 5) is 0. The summed E-state index contributed by atoms with van der Waals surface area (Å²) in [6, 6.07) is 2.70. The number of hydrogen-bond donors (Lipinski definition) is 1. The molecule has 0 amide bonds. The van der Waals surface area contributed by atoms with Gasteiger partial charge in [0.1, 0.15) is 11.6 Å². The first kappa shape index (κ1) is 14.6. The summed E-state index contributed by atoms with van der Waals surface area (Å²) < 4.78 is 27.4. The minimum absolute atomic E-state index is 0.183. The van der Waals surface area contributed by atoms with Gasteiger partial charge in [0.25, 0.3) is 0 Å². The van der Waals surface area contributed by atoms with Crippen molar-refractivity contribution >= 4 is 15.9 Å². The van der Waals surface area contributed by atoms with Crippen LogP contribution in [0.3, 0.4) is 0 Å². The number of nitrogens with one attached hydrogen (secondary N) is 1. The summed E-state index contributed by atoms with van der Waals surface area (Å²) in [5, 5.41) is 3.23. The molecule has 17 heavy (non-hydrogen) atoms. The SMILES string of the molecule is CCNCC(C)CCc1c(F)ccc(Br)c1F. The molecule has 1 nitrogen and oxygen atoms in total. The molecule has 0 aliphatic rings. The molecular weight excluding hydrogens is 288 g/mol. The molecule has 1 aromatic rings. The van der Waals surface area contributed by atoms with Gasteiger partial charge in [0.15, 0.2) is 0 Å². The van der Waals surface area contributed by atoms with Crippen LogP contribution in [0.2, 0.25) is 0 Å². The first-order valence-electron chi connectivity index (χ1n) is 5.89. The van der Waals surface area contributed by atoms with Crippen molar-refractivity contribution < 1.29 is 8.78 Å². The van der Waals surface area contributed by atoms with Crippen LogP contribution in [0, 0.1) is 17.6 Å². The van der Waals surface area contributed by atoms with Crippen LogP contribution in [0.25, 0.3) is 0 Å². The molecule has 0 radical (unpaired) electrons. The van der Waals surface area contributed by atoms with Crippen LogP contribution in [-0.2, 0) is 6.42 Å². The average molecular weight is 306 g/mol. The summed E-state index contributed by atoms with van der Waals surface area (Å²) in [5.74, 6) is -0.519. The van der Waals surface area contributed by atoms with Gasteiger partial charge in [-0.3, -0.25) is 0 Å². The van der Waals surface area contributed by atoms with Crippen molar-refractivity contribution in [2.75, 3.05) is 13.1 Å². The van der Waals surface area contributed by atoms with Gasteiger partial charge in [0, 0.05) is 5.56 Å². The Bertz CT molecular complexity index is 369. The zero-order chi connectivity index (χ0) is 12.8. The molecule has 0 saturated heterocycles. The maximum Gasteiger partial charge on any atom is 0.143 e. The van der Waals surface area contributed by atoms with E-state index in [1.807, 2.05) is 6.92 Å². The minimum Gasteiger partial charge on any atom is -0.317 e. The lowest BCUT2D eigenvalue weighted by Gasteiger charge is -2.12. The van der Waals surface area contributed by atoms with Gasteiger partial charge in [0.05, 0.1) is 4.47 Å². The van der Waals surface area contributed by atoms with Gasteiger partial charge in [0.2, 0.25) is 0 Å². The van der Waals surface area contributed by atoms with E-state index in [2.05, 4.69) is 28.2 Å². The third kappa shape index (κ3) is 4.36. The van der Waals surface area contributed by atoms with Crippen LogP contribution >= 0.6 is 15.9 Å². The fraction of sp³-hybridized carbons (Fsp3) is 0.538. The molecular formula is C13H18BrF2N. The van der Waals surface area contributed by atoms with Crippen molar-refractivity contribution in [3.05, 3.63) is 33.8 Å². The second-order valence-electron chi connectivity index (χ2n) is 4.27. The minimum atomic E-state index is -0.472. The Morgan fingerprint density at radius 1 is 1.35 bits per heavy atom. The molecule has 0 bridgehead atoms. The summed E-state index contributed by atoms with van der Waals surface area (Å²) in [6.07, 6.45) is 1.21. The second kappa shape index (κ2) is 7.07. The number of benzene rings is 1. The first-order chi connectivity index (χ1) is 8.06. The van der Waals surface area contributed by atoms with Crippen LogP contribution in [-0.4, -0.2) is 13.1 Å². The van der Waals surface area contributed by atoms with E-state index >= 15 is 0 Å². The Morgan fingerprint density at radius 2 is 2.06 bits per heavy atom. The van der Waals surface area contributed by atoms with E-state index in [4.69, 9.17) is 0 Å². The summed E-state index contributed by atoms with van der Waals surface area (Å²) in [7, 11) is 0. The fourth-order valence-corrected chi connectivity index (χ4v) is 2.05. The Labute approximate surface area is 110 Å². The molecule has 96 valence electrons. The number of hydrogen-bond acceptors (Lipinski definition) is 1. The summed E-state index contributed by atoms with van der Waals surface area (Å²) >= 11 is 3.08. The summed E-state index contributed by atoms with van der Waals surface area (Å²) in [5.41, 5.74) is 0.183. The van der Waals surface area contributed by atoms with E-state index in [9.17, 15) is 8.78 Å². The van der Waals surface area contributed by atoms with Gasteiger partial charge in [-0.15, -0.1) is 0 Å². The van der Waals surface area contributed by atoms with Crippen molar-refractivity contribution in [3.8, 4) is 0 Å². The first-order valence-corrected chi connectivity index (χ1v) is 6.68. The smallest absolute Gasteiger partial charge is 0.143 e. The van der Waals surface area contributed by atoms with Crippen molar-refractivity contribution in [1.29, 1.82) is 0 Å². The van der Waals surface area contributed by atoms with Crippen molar-refractivity contribution in [3.63, 3.8) is 0 Å². The van der Waals surface area contributed by atoms with Crippen molar-refractivity contribution in [1.82, 2.24) is 5.32 Å². The van der Waals surface area contributed by atoms with Crippen molar-refractivity contribution in [2.45, 2.75) is 26.7 Å². The maximum atomic E-state index is 13.7. The average Bonchev–Trinajstić information content (AvgIpc) is 2.31. The molecule has 1 aromatic carbocycles. The number of rotatable bonds is 6. The molecule has 0 spiro atoms. The van der Waals surface area contributed by atoms with Gasteiger partial charge >= 0.3 is 0 Å². The van der Waals surface area contributed by atoms with Gasteiger partial charge in [-0.25, -0.2) is 8.78 Å². The standard InChI is InChI=1S/C13H18BrF2N/c1-3-17-8-9(2)4-5-10-12(15)7-6-11(14)13(10)16/h6-7,9,17H,3-5,8H2,1-2H3. The Balaban J connectivity index is 2.60. The Kier molecular flexibility index (Phi) is 6.06. The molecule has 0 fully saturated rings. The molecule has 0 aliphatic carbocycles. The molecule has 1 unspecified atom stereocenters. The van der Waals surface area contributed by atoms with Crippen LogP contribution in [0.15, 0.2) is 16.6 Å². The zero-order valence-corrected chi connectivity index (χ0v) is 11.8. The quantitative estimate of drug-likeness (QED) is 0.786. The molecule has 4 heteroatoms. The molecule has 1 atom stereocenters. The zero-order valence-electron chi connectivity index (χ0n) is 10.2. The Hall–Kier alpha value is -0.480. The van der Waals surface area contributed by atoms with Crippen LogP contribution in [0.1, 0.15) is 25.8 Å². The lowest BCUT2D eigenvalue weighted by molar-refractivity contribution is 0.471. The van der Waals surface area contributed by atoms with E-state index in [-0.39, 0.29) is 5.56 Å². The highest BCUT2D eigenvalue weighted by atomic mass is 79.9. The molecule has 0 aliphatic heterocycles. The lowest BCUT2D eigenvalue weighted by atomic mass is 10.0. The second-order valence-corrected chi connectivity index (χ2v) is 5.13. The summed E-state index contributed by atoms with van der Waals surface area (Å²) in [6.45, 7) is 5.93. The molecule has 0 heterocycles. The van der Waals surface area contributed by atoms with E-state index < -0.39 is 11.6 Å². The van der Waals surface area contributed by atoms with E-state index in [1.54, 1.807) is 0 Å². The topological polar surface area (TPSA) is 12.0 Å². The highest BCUT2D eigenvalue weighted by Gasteiger charge is 2.13. The van der Waals surface area contributed by atoms with Crippen molar-refractivity contribution in [2.24, 2.45) is 5.92 Å². The lowest BCUT2D eigenvalue weighted by Crippen LogP contribution is -2.21.